The second kappa shape index (κ2) is 7.52. The number of hydrogen-bond acceptors (Lipinski definition) is 4. The van der Waals surface area contributed by atoms with Crippen LogP contribution < -0.4 is 0 Å². The van der Waals surface area contributed by atoms with Crippen molar-refractivity contribution in [1.29, 1.82) is 0 Å². The van der Waals surface area contributed by atoms with E-state index in [0.717, 1.165) is 43.8 Å². The summed E-state index contributed by atoms with van der Waals surface area (Å²) in [6.45, 7) is 0. The first-order valence-electron chi connectivity index (χ1n) is 12.1. The molecule has 0 unspecified atom stereocenters. The molecule has 4 nitrogen and oxygen atoms in total. The van der Waals surface area contributed by atoms with E-state index in [1.165, 1.54) is 0 Å². The fourth-order valence-corrected chi connectivity index (χ4v) is 6.30. The SMILES string of the molecule is Oc1ccc2c(C3(c4c(O)ccc5cc(O)ccc45)c4ccccc4-c4ccccc43)c(O)ccc2c1. The number of phenolic OH excluding ortho intramolecular Hbond substituents is 4. The third kappa shape index (κ3) is 2.78. The van der Waals surface area contributed by atoms with E-state index in [9.17, 15) is 20.4 Å². The summed E-state index contributed by atoms with van der Waals surface area (Å²) in [5.74, 6) is 0.433. The van der Waals surface area contributed by atoms with Crippen molar-refractivity contribution in [1.82, 2.24) is 0 Å². The molecule has 0 heterocycles. The third-order valence-corrected chi connectivity index (χ3v) is 7.67. The number of benzene rings is 6. The van der Waals surface area contributed by atoms with Crippen molar-refractivity contribution in [3.63, 3.8) is 0 Å². The van der Waals surface area contributed by atoms with Gasteiger partial charge < -0.3 is 20.4 Å². The highest BCUT2D eigenvalue weighted by Crippen LogP contribution is 2.61. The van der Waals surface area contributed by atoms with Crippen molar-refractivity contribution < 1.29 is 20.4 Å². The topological polar surface area (TPSA) is 80.9 Å². The van der Waals surface area contributed by atoms with Gasteiger partial charge in [-0.2, -0.15) is 0 Å². The summed E-state index contributed by atoms with van der Waals surface area (Å²) in [6.07, 6.45) is 0. The predicted octanol–water partition coefficient (Wildman–Crippen LogP) is 7.18. The van der Waals surface area contributed by atoms with Gasteiger partial charge in [-0.1, -0.05) is 72.8 Å². The van der Waals surface area contributed by atoms with Crippen LogP contribution in [-0.2, 0) is 5.41 Å². The molecule has 6 aromatic carbocycles. The van der Waals surface area contributed by atoms with Gasteiger partial charge in [-0.25, -0.2) is 0 Å². The van der Waals surface area contributed by atoms with Crippen LogP contribution in [0.2, 0.25) is 0 Å². The molecule has 4 heteroatoms. The van der Waals surface area contributed by atoms with Crippen molar-refractivity contribution >= 4 is 21.5 Å². The van der Waals surface area contributed by atoms with Gasteiger partial charge in [-0.05, 0) is 80.2 Å². The summed E-state index contributed by atoms with van der Waals surface area (Å²) in [4.78, 5) is 0. The Morgan fingerprint density at radius 3 is 1.32 bits per heavy atom. The van der Waals surface area contributed by atoms with E-state index in [4.69, 9.17) is 0 Å². The average molecular weight is 483 g/mol. The van der Waals surface area contributed by atoms with Gasteiger partial charge in [-0.3, -0.25) is 0 Å². The molecule has 0 aliphatic heterocycles. The third-order valence-electron chi connectivity index (χ3n) is 7.67. The molecule has 0 amide bonds. The lowest BCUT2D eigenvalue weighted by Crippen LogP contribution is -2.29. The van der Waals surface area contributed by atoms with Crippen molar-refractivity contribution in [2.45, 2.75) is 5.41 Å². The zero-order valence-electron chi connectivity index (χ0n) is 19.7. The van der Waals surface area contributed by atoms with Crippen LogP contribution in [0, 0.1) is 0 Å². The molecule has 7 rings (SSSR count). The molecule has 178 valence electrons. The standard InChI is InChI=1S/C33H22O4/c34-21-11-13-23-19(17-21)9-15-29(36)31(23)33(32-24-14-12-22(35)18-20(24)10-16-30(32)37)27-7-3-1-5-25(27)26-6-2-4-8-28(26)33/h1-18,34-37H. The lowest BCUT2D eigenvalue weighted by molar-refractivity contribution is 0.450. The van der Waals surface area contributed by atoms with Crippen molar-refractivity contribution in [2.24, 2.45) is 0 Å². The minimum atomic E-state index is -1.09. The molecule has 0 radical (unpaired) electrons. The Labute approximate surface area is 213 Å². The fourth-order valence-electron chi connectivity index (χ4n) is 6.30. The Morgan fingerprint density at radius 2 is 0.865 bits per heavy atom. The molecule has 4 N–H and O–H groups in total. The maximum absolute atomic E-state index is 11.6. The van der Waals surface area contributed by atoms with Crippen LogP contribution in [0.4, 0.5) is 0 Å². The smallest absolute Gasteiger partial charge is 0.121 e. The van der Waals surface area contributed by atoms with Crippen molar-refractivity contribution in [2.75, 3.05) is 0 Å². The van der Waals surface area contributed by atoms with Gasteiger partial charge in [0.05, 0.1) is 5.41 Å². The maximum atomic E-state index is 11.6. The van der Waals surface area contributed by atoms with E-state index in [0.29, 0.717) is 11.1 Å². The molecular weight excluding hydrogens is 460 g/mol. The highest BCUT2D eigenvalue weighted by molar-refractivity contribution is 6.01. The Morgan fingerprint density at radius 1 is 0.432 bits per heavy atom. The highest BCUT2D eigenvalue weighted by Gasteiger charge is 2.50. The zero-order valence-corrected chi connectivity index (χ0v) is 19.7. The van der Waals surface area contributed by atoms with E-state index < -0.39 is 5.41 Å². The van der Waals surface area contributed by atoms with Gasteiger partial charge in [-0.15, -0.1) is 0 Å². The number of rotatable bonds is 2. The number of aromatic hydroxyl groups is 4. The normalized spacial score (nSPS) is 13.5. The largest absolute Gasteiger partial charge is 0.508 e. The van der Waals surface area contributed by atoms with Gasteiger partial charge in [0, 0.05) is 11.1 Å². The highest BCUT2D eigenvalue weighted by atomic mass is 16.3. The van der Waals surface area contributed by atoms with Crippen LogP contribution in [0.3, 0.4) is 0 Å². The molecule has 0 spiro atoms. The number of phenols is 4. The van der Waals surface area contributed by atoms with E-state index in [1.807, 2.05) is 48.5 Å². The molecule has 37 heavy (non-hydrogen) atoms. The van der Waals surface area contributed by atoms with Crippen LogP contribution in [0.1, 0.15) is 22.3 Å². The van der Waals surface area contributed by atoms with E-state index in [2.05, 4.69) is 12.1 Å². The molecular formula is C33H22O4. The molecule has 0 saturated heterocycles. The van der Waals surface area contributed by atoms with E-state index in [1.54, 1.807) is 48.5 Å². The quantitative estimate of drug-likeness (QED) is 0.210. The van der Waals surface area contributed by atoms with Crippen molar-refractivity contribution in [3.8, 4) is 34.1 Å². The molecule has 1 aliphatic rings. The number of fused-ring (bicyclic) bond motifs is 5. The van der Waals surface area contributed by atoms with Gasteiger partial charge in [0.15, 0.2) is 0 Å². The first-order chi connectivity index (χ1) is 18.0. The monoisotopic (exact) mass is 482 g/mol. The fraction of sp³-hybridized carbons (Fsp3) is 0.0303. The van der Waals surface area contributed by atoms with Gasteiger partial charge in [0.2, 0.25) is 0 Å². The molecule has 0 aromatic heterocycles. The summed E-state index contributed by atoms with van der Waals surface area (Å²) in [6, 6.07) is 33.3. The lowest BCUT2D eigenvalue weighted by atomic mass is 9.64. The maximum Gasteiger partial charge on any atom is 0.121 e. The Bertz CT molecular complexity index is 1750. The summed E-state index contributed by atoms with van der Waals surface area (Å²) >= 11 is 0. The molecule has 6 aromatic rings. The van der Waals surface area contributed by atoms with Gasteiger partial charge >= 0.3 is 0 Å². The van der Waals surface area contributed by atoms with Gasteiger partial charge in [0.25, 0.3) is 0 Å². The minimum Gasteiger partial charge on any atom is -0.508 e. The molecule has 0 fully saturated rings. The summed E-state index contributed by atoms with van der Waals surface area (Å²) in [5, 5.41) is 46.8. The van der Waals surface area contributed by atoms with Crippen molar-refractivity contribution in [3.05, 3.63) is 131 Å². The molecule has 0 bridgehead atoms. The van der Waals surface area contributed by atoms with E-state index >= 15 is 0 Å². The average Bonchev–Trinajstić information content (AvgIpc) is 3.20. The zero-order chi connectivity index (χ0) is 25.3. The Balaban J connectivity index is 1.79. The second-order valence-electron chi connectivity index (χ2n) is 9.57. The second-order valence-corrected chi connectivity index (χ2v) is 9.57. The van der Waals surface area contributed by atoms with Gasteiger partial charge in [0.1, 0.15) is 23.0 Å². The first-order valence-corrected chi connectivity index (χ1v) is 12.1. The first kappa shape index (κ1) is 21.3. The lowest BCUT2D eigenvalue weighted by Gasteiger charge is -2.36. The Hall–Kier alpha value is -4.96. The van der Waals surface area contributed by atoms with Crippen LogP contribution in [-0.4, -0.2) is 20.4 Å². The van der Waals surface area contributed by atoms with Crippen LogP contribution in [0.5, 0.6) is 23.0 Å². The summed E-state index contributed by atoms with van der Waals surface area (Å²) < 4.78 is 0. The molecule has 0 atom stereocenters. The van der Waals surface area contributed by atoms with Crippen LogP contribution >= 0.6 is 0 Å². The number of hydrogen-bond donors (Lipinski definition) is 4. The molecule has 1 aliphatic carbocycles. The minimum absolute atomic E-state index is 0.0832. The molecule has 0 saturated carbocycles. The van der Waals surface area contributed by atoms with Crippen LogP contribution in [0.15, 0.2) is 109 Å². The van der Waals surface area contributed by atoms with E-state index in [-0.39, 0.29) is 23.0 Å². The predicted molar refractivity (Wildman–Crippen MR) is 145 cm³/mol. The summed E-state index contributed by atoms with van der Waals surface area (Å²) in [7, 11) is 0. The van der Waals surface area contributed by atoms with Crippen LogP contribution in [0.25, 0.3) is 32.7 Å². The summed E-state index contributed by atoms with van der Waals surface area (Å²) in [5.41, 5.74) is 4.06. The Kier molecular flexibility index (Phi) is 4.33.